The van der Waals surface area contributed by atoms with Crippen molar-refractivity contribution in [1.82, 2.24) is 15.5 Å². The second-order valence-electron chi connectivity index (χ2n) is 4.40. The Morgan fingerprint density at radius 1 is 1.59 bits per heavy atom. The summed E-state index contributed by atoms with van der Waals surface area (Å²) in [5.41, 5.74) is -0.628. The van der Waals surface area contributed by atoms with Crippen LogP contribution in [-0.2, 0) is 16.0 Å². The molecule has 2 heterocycles. The summed E-state index contributed by atoms with van der Waals surface area (Å²) in [4.78, 5) is 11.9. The van der Waals surface area contributed by atoms with E-state index in [1.807, 2.05) is 13.8 Å². The molecule has 6 heteroatoms. The Labute approximate surface area is 105 Å². The van der Waals surface area contributed by atoms with Crippen LogP contribution in [0.2, 0.25) is 0 Å². The van der Waals surface area contributed by atoms with Crippen molar-refractivity contribution in [2.24, 2.45) is 0 Å². The quantitative estimate of drug-likeness (QED) is 0.874. The fraction of sp³-hybridized carbons (Fsp3) is 0.727. The number of rotatable bonds is 4. The number of carbonyl (C=O) groups excluding carboxylic acids is 1. The molecule has 1 aliphatic heterocycles. The second-order valence-corrected chi connectivity index (χ2v) is 5.67. The first-order valence-electron chi connectivity index (χ1n) is 5.81. The van der Waals surface area contributed by atoms with E-state index in [1.54, 1.807) is 11.3 Å². The van der Waals surface area contributed by atoms with Gasteiger partial charge in [-0.2, -0.15) is 0 Å². The standard InChI is InChI=1S/C11H17N3O2S/c1-8-13-14-9(17-8)4-6-12-10(15)11(2)5-3-7-16-11/h3-7H2,1-2H3,(H,12,15). The van der Waals surface area contributed by atoms with Crippen LogP contribution in [0.1, 0.15) is 29.8 Å². The van der Waals surface area contributed by atoms with Crippen LogP contribution in [-0.4, -0.2) is 34.9 Å². The van der Waals surface area contributed by atoms with Crippen LogP contribution in [0.25, 0.3) is 0 Å². The molecule has 1 aromatic heterocycles. The van der Waals surface area contributed by atoms with Crippen LogP contribution in [0.5, 0.6) is 0 Å². The lowest BCUT2D eigenvalue weighted by atomic mass is 10.0. The van der Waals surface area contributed by atoms with Crippen molar-refractivity contribution in [3.8, 4) is 0 Å². The van der Waals surface area contributed by atoms with Crippen molar-refractivity contribution in [3.05, 3.63) is 10.0 Å². The van der Waals surface area contributed by atoms with E-state index in [4.69, 9.17) is 4.74 Å². The van der Waals surface area contributed by atoms with Crippen LogP contribution in [0.15, 0.2) is 0 Å². The summed E-state index contributed by atoms with van der Waals surface area (Å²) in [5.74, 6) is -0.0174. The molecule has 0 saturated carbocycles. The Morgan fingerprint density at radius 2 is 2.41 bits per heavy atom. The summed E-state index contributed by atoms with van der Waals surface area (Å²) in [6.45, 7) is 5.05. The molecule has 0 spiro atoms. The highest BCUT2D eigenvalue weighted by Crippen LogP contribution is 2.24. The van der Waals surface area contributed by atoms with E-state index < -0.39 is 5.60 Å². The molecule has 1 aliphatic rings. The highest BCUT2D eigenvalue weighted by Gasteiger charge is 2.37. The van der Waals surface area contributed by atoms with Gasteiger partial charge in [0.15, 0.2) is 0 Å². The molecule has 5 nitrogen and oxygen atoms in total. The number of aromatic nitrogens is 2. The molecule has 1 fully saturated rings. The predicted octanol–water partition coefficient (Wildman–Crippen LogP) is 1.07. The number of nitrogens with zero attached hydrogens (tertiary/aromatic N) is 2. The fourth-order valence-corrected chi connectivity index (χ4v) is 2.58. The highest BCUT2D eigenvalue weighted by molar-refractivity contribution is 7.11. The molecule has 1 N–H and O–H groups in total. The number of hydrogen-bond donors (Lipinski definition) is 1. The van der Waals surface area contributed by atoms with Gasteiger partial charge in [-0.3, -0.25) is 4.79 Å². The largest absolute Gasteiger partial charge is 0.365 e. The summed E-state index contributed by atoms with van der Waals surface area (Å²) in [6, 6.07) is 0. The average molecular weight is 255 g/mol. The Kier molecular flexibility index (Phi) is 3.73. The van der Waals surface area contributed by atoms with Crippen molar-refractivity contribution >= 4 is 17.2 Å². The van der Waals surface area contributed by atoms with E-state index in [2.05, 4.69) is 15.5 Å². The van der Waals surface area contributed by atoms with Gasteiger partial charge in [0.25, 0.3) is 5.91 Å². The lowest BCUT2D eigenvalue weighted by Gasteiger charge is -2.21. The van der Waals surface area contributed by atoms with Crippen molar-refractivity contribution in [2.45, 2.75) is 38.7 Å². The minimum atomic E-state index is -0.628. The molecule has 17 heavy (non-hydrogen) atoms. The molecule has 0 bridgehead atoms. The van der Waals surface area contributed by atoms with Gasteiger partial charge < -0.3 is 10.1 Å². The van der Waals surface area contributed by atoms with Crippen LogP contribution in [0.3, 0.4) is 0 Å². The smallest absolute Gasteiger partial charge is 0.251 e. The lowest BCUT2D eigenvalue weighted by Crippen LogP contribution is -2.44. The van der Waals surface area contributed by atoms with Crippen molar-refractivity contribution in [3.63, 3.8) is 0 Å². The molecule has 0 aliphatic carbocycles. The van der Waals surface area contributed by atoms with Crippen LogP contribution < -0.4 is 5.32 Å². The van der Waals surface area contributed by atoms with Gasteiger partial charge in [0.2, 0.25) is 0 Å². The SMILES string of the molecule is Cc1nnc(CCNC(=O)C2(C)CCCO2)s1. The summed E-state index contributed by atoms with van der Waals surface area (Å²) in [5, 5.41) is 12.8. The first-order chi connectivity index (χ1) is 8.10. The third-order valence-electron chi connectivity index (χ3n) is 2.89. The Balaban J connectivity index is 1.77. The first-order valence-corrected chi connectivity index (χ1v) is 6.63. The van der Waals surface area contributed by atoms with E-state index >= 15 is 0 Å². The second kappa shape index (κ2) is 5.10. The molecule has 0 radical (unpaired) electrons. The van der Waals surface area contributed by atoms with E-state index in [9.17, 15) is 4.79 Å². The first kappa shape index (κ1) is 12.4. The molecule has 1 aromatic rings. The Bertz CT molecular complexity index is 399. The molecule has 1 atom stereocenters. The number of ether oxygens (including phenoxy) is 1. The highest BCUT2D eigenvalue weighted by atomic mass is 32.1. The minimum Gasteiger partial charge on any atom is -0.365 e. The van der Waals surface area contributed by atoms with Crippen LogP contribution >= 0.6 is 11.3 Å². The summed E-state index contributed by atoms with van der Waals surface area (Å²) < 4.78 is 5.47. The zero-order valence-electron chi connectivity index (χ0n) is 10.2. The number of carbonyl (C=O) groups is 1. The molecular formula is C11H17N3O2S. The maximum atomic E-state index is 11.9. The molecule has 1 amide bonds. The maximum absolute atomic E-state index is 11.9. The van der Waals surface area contributed by atoms with Gasteiger partial charge in [-0.1, -0.05) is 0 Å². The fourth-order valence-electron chi connectivity index (χ4n) is 1.87. The molecule has 2 rings (SSSR count). The van der Waals surface area contributed by atoms with Crippen molar-refractivity contribution in [1.29, 1.82) is 0 Å². The van der Waals surface area contributed by atoms with Crippen molar-refractivity contribution < 1.29 is 9.53 Å². The van der Waals surface area contributed by atoms with Gasteiger partial charge in [-0.05, 0) is 26.7 Å². The number of amides is 1. The zero-order valence-corrected chi connectivity index (χ0v) is 11.0. The van der Waals surface area contributed by atoms with Gasteiger partial charge in [-0.15, -0.1) is 21.5 Å². The number of aryl methyl sites for hydroxylation is 1. The van der Waals surface area contributed by atoms with E-state index in [0.717, 1.165) is 29.3 Å². The molecule has 1 unspecified atom stereocenters. The number of hydrogen-bond acceptors (Lipinski definition) is 5. The zero-order chi connectivity index (χ0) is 12.3. The number of nitrogens with one attached hydrogen (secondary N) is 1. The van der Waals surface area contributed by atoms with E-state index in [1.165, 1.54) is 0 Å². The summed E-state index contributed by atoms with van der Waals surface area (Å²) in [7, 11) is 0. The molecule has 94 valence electrons. The van der Waals surface area contributed by atoms with Crippen LogP contribution in [0.4, 0.5) is 0 Å². The Morgan fingerprint density at radius 3 is 3.00 bits per heavy atom. The van der Waals surface area contributed by atoms with Gasteiger partial charge in [0.05, 0.1) is 0 Å². The predicted molar refractivity (Wildman–Crippen MR) is 65.0 cm³/mol. The minimum absolute atomic E-state index is 0.0174. The monoisotopic (exact) mass is 255 g/mol. The van der Waals surface area contributed by atoms with Gasteiger partial charge >= 0.3 is 0 Å². The van der Waals surface area contributed by atoms with Gasteiger partial charge in [0, 0.05) is 19.6 Å². The van der Waals surface area contributed by atoms with E-state index in [-0.39, 0.29) is 5.91 Å². The summed E-state index contributed by atoms with van der Waals surface area (Å²) >= 11 is 1.57. The molecular weight excluding hydrogens is 238 g/mol. The van der Waals surface area contributed by atoms with Gasteiger partial charge in [0.1, 0.15) is 15.6 Å². The van der Waals surface area contributed by atoms with E-state index in [0.29, 0.717) is 13.2 Å². The summed E-state index contributed by atoms with van der Waals surface area (Å²) in [6.07, 6.45) is 2.49. The average Bonchev–Trinajstić information content (AvgIpc) is 2.89. The van der Waals surface area contributed by atoms with Crippen molar-refractivity contribution in [2.75, 3.05) is 13.2 Å². The third-order valence-corrected chi connectivity index (χ3v) is 3.79. The normalized spacial score (nSPS) is 23.9. The Hall–Kier alpha value is -1.01. The third kappa shape index (κ3) is 3.01. The molecule has 1 saturated heterocycles. The topological polar surface area (TPSA) is 64.1 Å². The maximum Gasteiger partial charge on any atom is 0.251 e. The lowest BCUT2D eigenvalue weighted by molar-refractivity contribution is -0.139. The molecule has 0 aromatic carbocycles. The van der Waals surface area contributed by atoms with Gasteiger partial charge in [-0.25, -0.2) is 0 Å². The van der Waals surface area contributed by atoms with Crippen LogP contribution in [0, 0.1) is 6.92 Å².